The number of hydrazine groups is 1. The molecule has 3 atom stereocenters. The molecule has 2 aromatic carbocycles. The van der Waals surface area contributed by atoms with Crippen molar-refractivity contribution < 1.29 is 31.5 Å². The average molecular weight is 596 g/mol. The van der Waals surface area contributed by atoms with E-state index >= 15 is 0 Å². The van der Waals surface area contributed by atoms with Crippen molar-refractivity contribution in [2.24, 2.45) is 11.7 Å². The van der Waals surface area contributed by atoms with Gasteiger partial charge in [-0.2, -0.15) is 0 Å². The Morgan fingerprint density at radius 2 is 1.86 bits per heavy atom. The number of fused-ring (bicyclic) bond motifs is 4. The fourth-order valence-electron chi connectivity index (χ4n) is 6.26. The molecule has 2 aliphatic carbocycles. The molecule has 0 saturated heterocycles. The molecule has 222 valence electrons. The van der Waals surface area contributed by atoms with E-state index in [9.17, 15) is 31.5 Å². The molecule has 3 aliphatic rings. The van der Waals surface area contributed by atoms with E-state index in [0.29, 0.717) is 35.2 Å². The van der Waals surface area contributed by atoms with Crippen molar-refractivity contribution in [3.05, 3.63) is 112 Å². The maximum absolute atomic E-state index is 14.2. The molecule has 2 bridgehead atoms. The minimum atomic E-state index is -2.66. The lowest BCUT2D eigenvalue weighted by Crippen LogP contribution is -2.47. The second kappa shape index (κ2) is 11.3. The molecular weight excluding hydrogens is 569 g/mol. The van der Waals surface area contributed by atoms with Gasteiger partial charge in [-0.1, -0.05) is 18.2 Å². The number of alkyl halides is 2. The van der Waals surface area contributed by atoms with Gasteiger partial charge in [-0.15, -0.1) is 0 Å². The molecule has 12 heteroatoms. The number of hydrogen-bond acceptors (Lipinski definition) is 5. The number of nitrogens with zero attached hydrogens (tertiary/aromatic N) is 2. The third-order valence-corrected chi connectivity index (χ3v) is 7.99. The molecule has 1 aromatic heterocycles. The molecule has 2 heterocycles. The number of nitrogens with one attached hydrogen (secondary N) is 2. The third-order valence-electron chi connectivity index (χ3n) is 7.99. The zero-order valence-corrected chi connectivity index (χ0v) is 22.6. The number of benzene rings is 2. The number of rotatable bonds is 9. The lowest BCUT2D eigenvalue weighted by molar-refractivity contribution is -0.123. The summed E-state index contributed by atoms with van der Waals surface area (Å²) in [5.41, 5.74) is 11.2. The molecule has 1 aliphatic heterocycles. The second-order valence-electron chi connectivity index (χ2n) is 10.8. The molecule has 4 N–H and O–H groups in total. The van der Waals surface area contributed by atoms with Gasteiger partial charge in [0, 0.05) is 17.8 Å². The molecule has 0 radical (unpaired) electrons. The van der Waals surface area contributed by atoms with Gasteiger partial charge in [0.2, 0.25) is 5.91 Å². The topological polar surface area (TPSA) is 100 Å². The highest BCUT2D eigenvalue weighted by Crippen LogP contribution is 2.50. The number of primary amides is 1. The van der Waals surface area contributed by atoms with Crippen molar-refractivity contribution in [2.45, 2.75) is 37.8 Å². The first kappa shape index (κ1) is 28.5. The maximum Gasteiger partial charge on any atom is 0.259 e. The van der Waals surface area contributed by atoms with Crippen molar-refractivity contribution in [3.63, 3.8) is 0 Å². The van der Waals surface area contributed by atoms with Crippen LogP contribution in [0.3, 0.4) is 0 Å². The fourth-order valence-corrected chi connectivity index (χ4v) is 6.26. The Kier molecular flexibility index (Phi) is 7.47. The van der Waals surface area contributed by atoms with Gasteiger partial charge in [-0.05, 0) is 77.8 Å². The van der Waals surface area contributed by atoms with Gasteiger partial charge in [0.05, 0.1) is 23.0 Å². The van der Waals surface area contributed by atoms with Crippen LogP contribution in [0.25, 0.3) is 11.1 Å². The summed E-state index contributed by atoms with van der Waals surface area (Å²) in [6.07, 6.45) is 2.04. The summed E-state index contributed by atoms with van der Waals surface area (Å²) in [7, 11) is 0. The van der Waals surface area contributed by atoms with E-state index in [1.54, 1.807) is 12.1 Å². The number of amides is 2. The molecule has 2 amide bonds. The van der Waals surface area contributed by atoms with Crippen molar-refractivity contribution in [2.75, 3.05) is 6.54 Å². The zero-order valence-electron chi connectivity index (χ0n) is 22.6. The number of aromatic nitrogens is 1. The maximum atomic E-state index is 14.2. The quantitative estimate of drug-likeness (QED) is 0.311. The van der Waals surface area contributed by atoms with Crippen molar-refractivity contribution >= 4 is 11.8 Å². The van der Waals surface area contributed by atoms with Crippen molar-refractivity contribution in [3.8, 4) is 11.1 Å². The first-order valence-electron chi connectivity index (χ1n) is 13.6. The second-order valence-corrected chi connectivity index (χ2v) is 10.8. The van der Waals surface area contributed by atoms with Crippen LogP contribution in [0.2, 0.25) is 0 Å². The van der Waals surface area contributed by atoms with Crippen LogP contribution in [0.15, 0.2) is 77.6 Å². The van der Waals surface area contributed by atoms with Crippen LogP contribution >= 0.6 is 0 Å². The van der Waals surface area contributed by atoms with E-state index in [0.717, 1.165) is 29.8 Å². The largest absolute Gasteiger partial charge is 0.366 e. The minimum absolute atomic E-state index is 0.0164. The molecule has 7 nitrogen and oxygen atoms in total. The standard InChI is InChI=1S/C31H26F5N5O2/c32-19-8-15(9-20(33)13-19)10-24(27-21(2-1-7-38-27)16-5-6-23(34)22(12-16)31(37)43)39-25(42)14-41-29-18-4-3-17(11-18)26(29)28(40-41)30(35)36/h1-2,4-9,12-13,17,24,28,30,40H,3,10-11,14H2,(H2,37,43)(H,39,42)/t17-,24-,28-/m0/s1. The molecule has 43 heavy (non-hydrogen) atoms. The number of pyridine rings is 1. The Morgan fingerprint density at radius 1 is 1.09 bits per heavy atom. The van der Waals surface area contributed by atoms with E-state index in [-0.39, 0.29) is 35.7 Å². The van der Waals surface area contributed by atoms with Gasteiger partial charge >= 0.3 is 0 Å². The first-order valence-corrected chi connectivity index (χ1v) is 13.6. The van der Waals surface area contributed by atoms with E-state index in [2.05, 4.69) is 15.7 Å². The predicted octanol–water partition coefficient (Wildman–Crippen LogP) is 4.72. The van der Waals surface area contributed by atoms with Gasteiger partial charge in [0.1, 0.15) is 30.0 Å². The van der Waals surface area contributed by atoms with Crippen LogP contribution in [-0.2, 0) is 11.2 Å². The highest BCUT2D eigenvalue weighted by Gasteiger charge is 2.47. The van der Waals surface area contributed by atoms with Crippen LogP contribution in [-0.4, -0.2) is 40.8 Å². The third kappa shape index (κ3) is 5.50. The number of nitrogens with two attached hydrogens (primary N) is 1. The summed E-state index contributed by atoms with van der Waals surface area (Å²) < 4.78 is 70.2. The molecule has 0 unspecified atom stereocenters. The lowest BCUT2D eigenvalue weighted by atomic mass is 9.94. The predicted molar refractivity (Wildman–Crippen MR) is 147 cm³/mol. The summed E-state index contributed by atoms with van der Waals surface area (Å²) in [5, 5.41) is 4.29. The van der Waals surface area contributed by atoms with Gasteiger partial charge < -0.3 is 11.1 Å². The van der Waals surface area contributed by atoms with Gasteiger partial charge in [0.15, 0.2) is 0 Å². The first-order chi connectivity index (χ1) is 20.6. The summed E-state index contributed by atoms with van der Waals surface area (Å²) >= 11 is 0. The summed E-state index contributed by atoms with van der Waals surface area (Å²) in [5.74, 6) is -3.99. The average Bonchev–Trinajstić information content (AvgIpc) is 3.66. The van der Waals surface area contributed by atoms with Crippen LogP contribution in [0.5, 0.6) is 0 Å². The number of allylic oxidation sites excluding steroid dienone is 2. The summed E-state index contributed by atoms with van der Waals surface area (Å²) in [6.45, 7) is -0.315. The van der Waals surface area contributed by atoms with Gasteiger partial charge in [-0.25, -0.2) is 27.4 Å². The van der Waals surface area contributed by atoms with Crippen LogP contribution < -0.4 is 16.5 Å². The van der Waals surface area contributed by atoms with E-state index in [1.807, 2.05) is 6.08 Å². The highest BCUT2D eigenvalue weighted by atomic mass is 19.3. The van der Waals surface area contributed by atoms with Crippen LogP contribution in [0.1, 0.15) is 40.5 Å². The molecular formula is C31H26F5N5O2. The number of carbonyl (C=O) groups is 2. The molecule has 0 spiro atoms. The van der Waals surface area contributed by atoms with Crippen molar-refractivity contribution in [1.82, 2.24) is 20.7 Å². The molecule has 0 fully saturated rings. The Labute approximate surface area is 243 Å². The Balaban J connectivity index is 1.33. The van der Waals surface area contributed by atoms with E-state index < -0.39 is 47.8 Å². The SMILES string of the molecule is NC(=O)c1cc(-c2cccnc2[C@H](Cc2cc(F)cc(F)c2)NC(=O)CN2N[C@H](C(F)F)C3=C2C2=CC[C@H]3C2)ccc1F. The normalized spacial score (nSPS) is 19.6. The molecule has 6 rings (SSSR count). The van der Waals surface area contributed by atoms with Gasteiger partial charge in [-0.3, -0.25) is 19.6 Å². The zero-order chi connectivity index (χ0) is 30.4. The highest BCUT2D eigenvalue weighted by molar-refractivity contribution is 5.94. The van der Waals surface area contributed by atoms with Crippen molar-refractivity contribution in [1.29, 1.82) is 0 Å². The van der Waals surface area contributed by atoms with Crippen LogP contribution in [0.4, 0.5) is 22.0 Å². The van der Waals surface area contributed by atoms with Crippen LogP contribution in [0, 0.1) is 23.4 Å². The molecule has 3 aromatic rings. The van der Waals surface area contributed by atoms with E-state index in [4.69, 9.17) is 5.73 Å². The minimum Gasteiger partial charge on any atom is -0.366 e. The Morgan fingerprint density at radius 3 is 2.58 bits per heavy atom. The number of hydrogen-bond donors (Lipinski definition) is 3. The molecule has 0 saturated carbocycles. The number of halogens is 5. The Hall–Kier alpha value is -4.58. The summed E-state index contributed by atoms with van der Waals surface area (Å²) in [4.78, 5) is 29.7. The Bertz CT molecular complexity index is 1670. The lowest BCUT2D eigenvalue weighted by Gasteiger charge is -2.26. The van der Waals surface area contributed by atoms with E-state index in [1.165, 1.54) is 23.3 Å². The number of carbonyl (C=O) groups excluding carboxylic acids is 2. The monoisotopic (exact) mass is 595 g/mol. The van der Waals surface area contributed by atoms with Gasteiger partial charge in [0.25, 0.3) is 12.3 Å². The smallest absolute Gasteiger partial charge is 0.259 e. The summed E-state index contributed by atoms with van der Waals surface area (Å²) in [6, 6.07) is 7.81. The fraction of sp³-hybridized carbons (Fsp3) is 0.258.